The molecule has 10 heteroatoms. The fraction of sp³-hybridized carbons (Fsp3) is 0.370. The van der Waals surface area contributed by atoms with Gasteiger partial charge in [0.1, 0.15) is 11.6 Å². The summed E-state index contributed by atoms with van der Waals surface area (Å²) >= 11 is 0. The van der Waals surface area contributed by atoms with Gasteiger partial charge < -0.3 is 14.1 Å². The quantitative estimate of drug-likeness (QED) is 0.358. The third kappa shape index (κ3) is 7.72. The van der Waals surface area contributed by atoms with E-state index < -0.39 is 10.0 Å². The van der Waals surface area contributed by atoms with Crippen molar-refractivity contribution in [3.63, 3.8) is 0 Å². The molecule has 1 aromatic heterocycles. The highest BCUT2D eigenvalue weighted by Crippen LogP contribution is 2.18. The Balaban J connectivity index is 1.52. The molecule has 0 bridgehead atoms. The summed E-state index contributed by atoms with van der Waals surface area (Å²) in [5.41, 5.74) is 0.728. The number of furan rings is 1. The highest BCUT2D eigenvalue weighted by molar-refractivity contribution is 7.89. The van der Waals surface area contributed by atoms with Crippen molar-refractivity contribution in [2.75, 3.05) is 45.9 Å². The number of morpholine rings is 1. The van der Waals surface area contributed by atoms with Crippen molar-refractivity contribution in [1.82, 2.24) is 14.1 Å². The lowest BCUT2D eigenvalue weighted by Gasteiger charge is -2.29. The van der Waals surface area contributed by atoms with Gasteiger partial charge in [0.25, 0.3) is 0 Å². The minimum atomic E-state index is -3.90. The van der Waals surface area contributed by atoms with Crippen molar-refractivity contribution >= 4 is 15.9 Å². The first-order valence-electron chi connectivity index (χ1n) is 12.3. The molecular formula is C27H32FN3O5S. The molecular weight excluding hydrogens is 497 g/mol. The van der Waals surface area contributed by atoms with E-state index >= 15 is 0 Å². The second-order valence-electron chi connectivity index (χ2n) is 8.91. The smallest absolute Gasteiger partial charge is 0.243 e. The summed E-state index contributed by atoms with van der Waals surface area (Å²) in [6.45, 7) is 3.88. The van der Waals surface area contributed by atoms with E-state index in [1.807, 2.05) is 0 Å². The van der Waals surface area contributed by atoms with Gasteiger partial charge in [-0.05, 0) is 54.9 Å². The highest BCUT2D eigenvalue weighted by Gasteiger charge is 2.29. The van der Waals surface area contributed by atoms with Crippen LogP contribution >= 0.6 is 0 Å². The van der Waals surface area contributed by atoms with E-state index in [4.69, 9.17) is 9.15 Å². The molecule has 3 aromatic rings. The highest BCUT2D eigenvalue weighted by atomic mass is 32.2. The maximum Gasteiger partial charge on any atom is 0.243 e. The molecule has 1 amide bonds. The summed E-state index contributed by atoms with van der Waals surface area (Å²) in [6.07, 6.45) is 2.10. The lowest BCUT2D eigenvalue weighted by molar-refractivity contribution is -0.133. The zero-order chi connectivity index (χ0) is 26.1. The van der Waals surface area contributed by atoms with E-state index in [2.05, 4.69) is 4.90 Å². The van der Waals surface area contributed by atoms with Crippen molar-refractivity contribution in [2.45, 2.75) is 24.4 Å². The minimum absolute atomic E-state index is 0.144. The first-order chi connectivity index (χ1) is 17.9. The van der Waals surface area contributed by atoms with Crippen LogP contribution < -0.4 is 0 Å². The first-order valence-corrected chi connectivity index (χ1v) is 13.8. The van der Waals surface area contributed by atoms with Gasteiger partial charge in [0.2, 0.25) is 15.9 Å². The van der Waals surface area contributed by atoms with E-state index in [0.717, 1.165) is 18.7 Å². The predicted octanol–water partition coefficient (Wildman–Crippen LogP) is 3.36. The number of amides is 1. The van der Waals surface area contributed by atoms with E-state index in [1.165, 1.54) is 39.7 Å². The molecule has 4 rings (SSSR count). The standard InChI is InChI=1S/C27H32FN3O5S/c28-24-11-9-23(10-12-24)20-30(21-25-6-4-17-36-25)27(32)22-31(14-5-13-29-15-18-35-19-16-29)37(33,34)26-7-2-1-3-8-26/h1-4,6-12,17H,5,13-16,18-22H2. The second-order valence-corrected chi connectivity index (χ2v) is 10.9. The van der Waals surface area contributed by atoms with Crippen LogP contribution in [-0.4, -0.2) is 74.4 Å². The van der Waals surface area contributed by atoms with Gasteiger partial charge in [0.05, 0.1) is 37.5 Å². The van der Waals surface area contributed by atoms with Crippen molar-refractivity contribution in [3.05, 3.63) is 90.1 Å². The normalized spacial score (nSPS) is 14.6. The number of nitrogens with zero attached hydrogens (tertiary/aromatic N) is 3. The first kappa shape index (κ1) is 27.0. The Kier molecular flexibility index (Phi) is 9.45. The Morgan fingerprint density at radius 1 is 0.946 bits per heavy atom. The molecule has 0 atom stereocenters. The van der Waals surface area contributed by atoms with E-state index in [1.54, 1.807) is 42.5 Å². The number of hydrogen-bond donors (Lipinski definition) is 0. The van der Waals surface area contributed by atoms with Crippen LogP contribution in [-0.2, 0) is 32.6 Å². The topological polar surface area (TPSA) is 83.3 Å². The molecule has 0 unspecified atom stereocenters. The van der Waals surface area contributed by atoms with Crippen LogP contribution in [0.4, 0.5) is 4.39 Å². The van der Waals surface area contributed by atoms with Crippen LogP contribution in [0.5, 0.6) is 0 Å². The van der Waals surface area contributed by atoms with Crippen LogP contribution in [0.1, 0.15) is 17.7 Å². The molecule has 1 fully saturated rings. The van der Waals surface area contributed by atoms with Crippen LogP contribution in [0.3, 0.4) is 0 Å². The zero-order valence-corrected chi connectivity index (χ0v) is 21.5. The molecule has 1 aliphatic rings. The number of carbonyl (C=O) groups excluding carboxylic acids is 1. The SMILES string of the molecule is O=C(CN(CCCN1CCOCC1)S(=O)(=O)c1ccccc1)N(Cc1ccc(F)cc1)Cc1ccco1. The van der Waals surface area contributed by atoms with Gasteiger partial charge >= 0.3 is 0 Å². The number of hydrogen-bond acceptors (Lipinski definition) is 6. The van der Waals surface area contributed by atoms with Crippen molar-refractivity contribution in [1.29, 1.82) is 0 Å². The molecule has 0 radical (unpaired) electrons. The van der Waals surface area contributed by atoms with E-state index in [9.17, 15) is 17.6 Å². The molecule has 198 valence electrons. The Morgan fingerprint density at radius 2 is 1.68 bits per heavy atom. The molecule has 0 spiro atoms. The molecule has 1 aliphatic heterocycles. The van der Waals surface area contributed by atoms with Gasteiger partial charge in [0.15, 0.2) is 0 Å². The fourth-order valence-corrected chi connectivity index (χ4v) is 5.65. The van der Waals surface area contributed by atoms with Crippen molar-refractivity contribution in [3.8, 4) is 0 Å². The number of sulfonamides is 1. The largest absolute Gasteiger partial charge is 0.467 e. The Labute approximate surface area is 217 Å². The maximum atomic E-state index is 13.6. The Hall–Kier alpha value is -3.05. The van der Waals surface area contributed by atoms with Gasteiger partial charge in [-0.1, -0.05) is 30.3 Å². The molecule has 8 nitrogen and oxygen atoms in total. The van der Waals surface area contributed by atoms with E-state index in [-0.39, 0.29) is 42.8 Å². The fourth-order valence-electron chi connectivity index (χ4n) is 4.21. The maximum absolute atomic E-state index is 13.6. The van der Waals surface area contributed by atoms with Gasteiger partial charge in [-0.15, -0.1) is 0 Å². The lowest BCUT2D eigenvalue weighted by Crippen LogP contribution is -2.44. The van der Waals surface area contributed by atoms with Crippen molar-refractivity contribution < 1.29 is 26.8 Å². The summed E-state index contributed by atoms with van der Waals surface area (Å²) in [6, 6.07) is 17.5. The summed E-state index contributed by atoms with van der Waals surface area (Å²) in [4.78, 5) is 17.5. The van der Waals surface area contributed by atoms with Gasteiger partial charge in [0, 0.05) is 26.2 Å². The Morgan fingerprint density at radius 3 is 2.35 bits per heavy atom. The molecule has 2 aromatic carbocycles. The summed E-state index contributed by atoms with van der Waals surface area (Å²) in [7, 11) is -3.90. The number of halogens is 1. The monoisotopic (exact) mass is 529 g/mol. The molecule has 0 N–H and O–H groups in total. The van der Waals surface area contributed by atoms with E-state index in [0.29, 0.717) is 31.9 Å². The number of ether oxygens (including phenoxy) is 1. The van der Waals surface area contributed by atoms with Crippen LogP contribution in [0, 0.1) is 5.82 Å². The summed E-state index contributed by atoms with van der Waals surface area (Å²) < 4.78 is 52.6. The van der Waals surface area contributed by atoms with Gasteiger partial charge in [-0.3, -0.25) is 9.69 Å². The predicted molar refractivity (Wildman–Crippen MR) is 136 cm³/mol. The number of rotatable bonds is 12. The summed E-state index contributed by atoms with van der Waals surface area (Å²) in [5.74, 6) is -0.167. The zero-order valence-electron chi connectivity index (χ0n) is 20.7. The van der Waals surface area contributed by atoms with Gasteiger partial charge in [-0.25, -0.2) is 12.8 Å². The molecule has 2 heterocycles. The van der Waals surface area contributed by atoms with Gasteiger partial charge in [-0.2, -0.15) is 4.31 Å². The molecule has 0 saturated carbocycles. The number of benzene rings is 2. The van der Waals surface area contributed by atoms with Crippen LogP contribution in [0.2, 0.25) is 0 Å². The Bertz CT molecular complexity index is 1210. The minimum Gasteiger partial charge on any atom is -0.467 e. The van der Waals surface area contributed by atoms with Crippen molar-refractivity contribution in [2.24, 2.45) is 0 Å². The molecule has 0 aliphatic carbocycles. The second kappa shape index (κ2) is 13.0. The number of carbonyl (C=O) groups is 1. The average Bonchev–Trinajstić information content (AvgIpc) is 3.43. The third-order valence-corrected chi connectivity index (χ3v) is 8.10. The van der Waals surface area contributed by atoms with Crippen LogP contribution in [0.15, 0.2) is 82.3 Å². The summed E-state index contributed by atoms with van der Waals surface area (Å²) in [5, 5.41) is 0. The average molecular weight is 530 g/mol. The van der Waals surface area contributed by atoms with Crippen LogP contribution in [0.25, 0.3) is 0 Å². The third-order valence-electron chi connectivity index (χ3n) is 6.24. The molecule has 37 heavy (non-hydrogen) atoms. The lowest BCUT2D eigenvalue weighted by atomic mass is 10.2. The molecule has 1 saturated heterocycles.